The second-order valence-electron chi connectivity index (χ2n) is 7.00. The molecule has 4 rings (SSSR count). The summed E-state index contributed by atoms with van der Waals surface area (Å²) in [6.45, 7) is 4.84. The molecular weight excluding hydrogens is 421 g/mol. The van der Waals surface area contributed by atoms with Gasteiger partial charge in [-0.05, 0) is 48.9 Å². The highest BCUT2D eigenvalue weighted by Gasteiger charge is 2.21. The molecule has 0 radical (unpaired) electrons. The first-order valence-electron chi connectivity index (χ1n) is 9.65. The van der Waals surface area contributed by atoms with Gasteiger partial charge in [-0.1, -0.05) is 35.2 Å². The molecule has 0 aliphatic carbocycles. The normalized spacial score (nSPS) is 14.1. The molecule has 156 valence electrons. The summed E-state index contributed by atoms with van der Waals surface area (Å²) in [6, 6.07) is 14.5. The third kappa shape index (κ3) is 5.28. The van der Waals surface area contributed by atoms with E-state index in [-0.39, 0.29) is 11.7 Å². The van der Waals surface area contributed by atoms with Crippen molar-refractivity contribution in [2.45, 2.75) is 11.3 Å². The van der Waals surface area contributed by atoms with Crippen LogP contribution in [0.1, 0.15) is 5.56 Å². The molecule has 0 unspecified atom stereocenters. The quantitative estimate of drug-likeness (QED) is 0.577. The standard InChI is InChI=1S/C21H22FN5OS2/c1-15-3-2-4-17(13-15)23-20-24-25-21(30-20)29-14-19(28)27-11-9-26(10-12-27)18-7-5-16(22)6-8-18/h2-8,13H,9-12,14H2,1H3,(H,23,24). The Morgan fingerprint density at radius 1 is 1.13 bits per heavy atom. The molecule has 0 spiro atoms. The van der Waals surface area contributed by atoms with Crippen LogP contribution in [-0.4, -0.2) is 52.9 Å². The smallest absolute Gasteiger partial charge is 0.233 e. The number of nitrogens with one attached hydrogen (secondary N) is 1. The number of halogens is 1. The molecule has 9 heteroatoms. The van der Waals surface area contributed by atoms with Gasteiger partial charge >= 0.3 is 0 Å². The van der Waals surface area contributed by atoms with Crippen LogP contribution in [0.4, 0.5) is 20.9 Å². The highest BCUT2D eigenvalue weighted by Crippen LogP contribution is 2.28. The van der Waals surface area contributed by atoms with E-state index in [1.165, 1.54) is 40.8 Å². The summed E-state index contributed by atoms with van der Waals surface area (Å²) in [5.74, 6) is 0.205. The number of amides is 1. The summed E-state index contributed by atoms with van der Waals surface area (Å²) in [7, 11) is 0. The van der Waals surface area contributed by atoms with Crippen LogP contribution < -0.4 is 10.2 Å². The minimum Gasteiger partial charge on any atom is -0.368 e. The minimum atomic E-state index is -0.237. The average molecular weight is 444 g/mol. The summed E-state index contributed by atoms with van der Waals surface area (Å²) >= 11 is 2.85. The highest BCUT2D eigenvalue weighted by molar-refractivity contribution is 8.01. The van der Waals surface area contributed by atoms with E-state index in [2.05, 4.69) is 20.4 Å². The number of carbonyl (C=O) groups is 1. The lowest BCUT2D eigenvalue weighted by atomic mass is 10.2. The van der Waals surface area contributed by atoms with Crippen molar-refractivity contribution < 1.29 is 9.18 Å². The number of carbonyl (C=O) groups excluding carboxylic acids is 1. The predicted molar refractivity (Wildman–Crippen MR) is 120 cm³/mol. The third-order valence-corrected chi connectivity index (χ3v) is 6.78. The molecule has 0 atom stereocenters. The lowest BCUT2D eigenvalue weighted by molar-refractivity contribution is -0.128. The van der Waals surface area contributed by atoms with Gasteiger partial charge in [0.05, 0.1) is 5.75 Å². The summed E-state index contributed by atoms with van der Waals surface area (Å²) in [5.41, 5.74) is 3.13. The molecule has 2 aromatic carbocycles. The van der Waals surface area contributed by atoms with E-state index in [0.717, 1.165) is 28.8 Å². The molecule has 1 amide bonds. The zero-order valence-electron chi connectivity index (χ0n) is 16.5. The van der Waals surface area contributed by atoms with E-state index in [1.807, 2.05) is 36.1 Å². The van der Waals surface area contributed by atoms with Crippen molar-refractivity contribution >= 4 is 45.5 Å². The maximum atomic E-state index is 13.1. The molecule has 1 aromatic heterocycles. The highest BCUT2D eigenvalue weighted by atomic mass is 32.2. The fourth-order valence-corrected chi connectivity index (χ4v) is 4.92. The van der Waals surface area contributed by atoms with Gasteiger partial charge in [-0.25, -0.2) is 4.39 Å². The number of anilines is 3. The number of aromatic nitrogens is 2. The van der Waals surface area contributed by atoms with Gasteiger partial charge < -0.3 is 15.1 Å². The molecule has 1 aliphatic heterocycles. The van der Waals surface area contributed by atoms with Crippen LogP contribution in [0.3, 0.4) is 0 Å². The molecule has 1 aliphatic rings. The number of piperazine rings is 1. The molecule has 2 heterocycles. The second kappa shape index (κ2) is 9.44. The zero-order chi connectivity index (χ0) is 20.9. The SMILES string of the molecule is Cc1cccc(Nc2nnc(SCC(=O)N3CCN(c4ccc(F)cc4)CC3)s2)c1. The van der Waals surface area contributed by atoms with Crippen molar-refractivity contribution in [1.29, 1.82) is 0 Å². The van der Waals surface area contributed by atoms with Gasteiger partial charge in [0, 0.05) is 37.6 Å². The number of nitrogens with zero attached hydrogens (tertiary/aromatic N) is 4. The van der Waals surface area contributed by atoms with Crippen molar-refractivity contribution in [2.75, 3.05) is 42.1 Å². The molecule has 3 aromatic rings. The van der Waals surface area contributed by atoms with Crippen LogP contribution in [0.15, 0.2) is 52.9 Å². The monoisotopic (exact) mass is 443 g/mol. The number of benzene rings is 2. The lowest BCUT2D eigenvalue weighted by Gasteiger charge is -2.36. The molecule has 6 nitrogen and oxygen atoms in total. The van der Waals surface area contributed by atoms with Gasteiger partial charge in [0.2, 0.25) is 11.0 Å². The number of hydrogen-bond acceptors (Lipinski definition) is 7. The van der Waals surface area contributed by atoms with Crippen LogP contribution in [0.2, 0.25) is 0 Å². The van der Waals surface area contributed by atoms with E-state index in [0.29, 0.717) is 24.0 Å². The largest absolute Gasteiger partial charge is 0.368 e. The van der Waals surface area contributed by atoms with E-state index in [1.54, 1.807) is 12.1 Å². The molecule has 1 N–H and O–H groups in total. The Kier molecular flexibility index (Phi) is 6.49. The molecule has 30 heavy (non-hydrogen) atoms. The topological polar surface area (TPSA) is 61.4 Å². The van der Waals surface area contributed by atoms with E-state index in [4.69, 9.17) is 0 Å². The zero-order valence-corrected chi connectivity index (χ0v) is 18.2. The van der Waals surface area contributed by atoms with Crippen molar-refractivity contribution in [3.8, 4) is 0 Å². The minimum absolute atomic E-state index is 0.0992. The Morgan fingerprint density at radius 3 is 2.63 bits per heavy atom. The van der Waals surface area contributed by atoms with Crippen LogP contribution in [0, 0.1) is 12.7 Å². The number of thioether (sulfide) groups is 1. The van der Waals surface area contributed by atoms with E-state index >= 15 is 0 Å². The first-order chi connectivity index (χ1) is 14.6. The fourth-order valence-electron chi connectivity index (χ4n) is 3.25. The van der Waals surface area contributed by atoms with Crippen LogP contribution >= 0.6 is 23.1 Å². The Balaban J connectivity index is 1.24. The van der Waals surface area contributed by atoms with E-state index in [9.17, 15) is 9.18 Å². The maximum Gasteiger partial charge on any atom is 0.233 e. The fraction of sp³-hybridized carbons (Fsp3) is 0.286. The van der Waals surface area contributed by atoms with Gasteiger partial charge in [-0.3, -0.25) is 4.79 Å². The number of aryl methyl sites for hydroxylation is 1. The Bertz CT molecular complexity index is 1000. The van der Waals surface area contributed by atoms with Gasteiger partial charge in [-0.15, -0.1) is 10.2 Å². The van der Waals surface area contributed by atoms with Crippen LogP contribution in [0.25, 0.3) is 0 Å². The molecule has 0 saturated carbocycles. The van der Waals surface area contributed by atoms with Gasteiger partial charge in [0.25, 0.3) is 0 Å². The second-order valence-corrected chi connectivity index (χ2v) is 9.20. The average Bonchev–Trinajstić information content (AvgIpc) is 3.20. The van der Waals surface area contributed by atoms with Crippen molar-refractivity contribution in [3.63, 3.8) is 0 Å². The number of hydrogen-bond donors (Lipinski definition) is 1. The van der Waals surface area contributed by atoms with Gasteiger partial charge in [0.15, 0.2) is 4.34 Å². The molecule has 1 fully saturated rings. The summed E-state index contributed by atoms with van der Waals surface area (Å²) in [5, 5.41) is 12.3. The van der Waals surface area contributed by atoms with E-state index < -0.39 is 0 Å². The Labute approximate surface area is 183 Å². The molecular formula is C21H22FN5OS2. The predicted octanol–water partition coefficient (Wildman–Crippen LogP) is 4.17. The summed E-state index contributed by atoms with van der Waals surface area (Å²) in [4.78, 5) is 16.6. The molecule has 1 saturated heterocycles. The third-order valence-electron chi connectivity index (χ3n) is 4.82. The number of rotatable bonds is 6. The van der Waals surface area contributed by atoms with Crippen molar-refractivity contribution in [2.24, 2.45) is 0 Å². The van der Waals surface area contributed by atoms with Crippen LogP contribution in [-0.2, 0) is 4.79 Å². The maximum absolute atomic E-state index is 13.1. The van der Waals surface area contributed by atoms with Gasteiger partial charge in [0.1, 0.15) is 5.82 Å². The first-order valence-corrected chi connectivity index (χ1v) is 11.5. The van der Waals surface area contributed by atoms with Crippen LogP contribution in [0.5, 0.6) is 0 Å². The summed E-state index contributed by atoms with van der Waals surface area (Å²) < 4.78 is 13.9. The molecule has 0 bridgehead atoms. The van der Waals surface area contributed by atoms with Crippen molar-refractivity contribution in [1.82, 2.24) is 15.1 Å². The lowest BCUT2D eigenvalue weighted by Crippen LogP contribution is -2.49. The van der Waals surface area contributed by atoms with Crippen molar-refractivity contribution in [3.05, 3.63) is 59.9 Å². The summed E-state index contributed by atoms with van der Waals surface area (Å²) in [6.07, 6.45) is 0. The first kappa shape index (κ1) is 20.6. The Hall–Kier alpha value is -2.65. The Morgan fingerprint density at radius 2 is 1.90 bits per heavy atom. The van der Waals surface area contributed by atoms with Gasteiger partial charge in [-0.2, -0.15) is 0 Å².